The van der Waals surface area contributed by atoms with Crippen molar-refractivity contribution < 1.29 is 9.90 Å². The number of nitrogens with zero attached hydrogens (tertiary/aromatic N) is 1. The van der Waals surface area contributed by atoms with Gasteiger partial charge in [-0.3, -0.25) is 9.69 Å². The van der Waals surface area contributed by atoms with Crippen LogP contribution in [0.2, 0.25) is 0 Å². The topological polar surface area (TPSA) is 52.6 Å². The molecule has 0 radical (unpaired) electrons. The van der Waals surface area contributed by atoms with Gasteiger partial charge in [0.25, 0.3) is 0 Å². The van der Waals surface area contributed by atoms with Crippen molar-refractivity contribution in [2.24, 2.45) is 0 Å². The van der Waals surface area contributed by atoms with E-state index in [1.54, 1.807) is 0 Å². The lowest BCUT2D eigenvalue weighted by Gasteiger charge is -2.46. The van der Waals surface area contributed by atoms with E-state index < -0.39 is 5.97 Å². The quantitative estimate of drug-likeness (QED) is 0.770. The molecule has 4 nitrogen and oxygen atoms in total. The van der Waals surface area contributed by atoms with Crippen molar-refractivity contribution in [3.8, 4) is 0 Å². The zero-order chi connectivity index (χ0) is 13.1. The Morgan fingerprint density at radius 1 is 1.59 bits per heavy atom. The maximum atomic E-state index is 10.6. The summed E-state index contributed by atoms with van der Waals surface area (Å²) in [5, 5.41) is 12.3. The van der Waals surface area contributed by atoms with Crippen LogP contribution in [0.3, 0.4) is 0 Å². The van der Waals surface area contributed by atoms with Gasteiger partial charge in [0, 0.05) is 37.1 Å². The second kappa shape index (κ2) is 5.83. The van der Waals surface area contributed by atoms with Gasteiger partial charge >= 0.3 is 5.97 Å². The molecule has 100 valence electrons. The van der Waals surface area contributed by atoms with Crippen molar-refractivity contribution in [3.05, 3.63) is 0 Å². The van der Waals surface area contributed by atoms with Crippen LogP contribution in [0.4, 0.5) is 0 Å². The van der Waals surface area contributed by atoms with Crippen molar-refractivity contribution in [1.82, 2.24) is 10.2 Å². The number of carboxylic acids is 1. The predicted molar refractivity (Wildman–Crippen MR) is 69.2 cm³/mol. The normalized spacial score (nSPS) is 26.7. The molecule has 0 amide bonds. The Labute approximate surface area is 104 Å². The smallest absolute Gasteiger partial charge is 0.303 e. The Balaban J connectivity index is 2.57. The summed E-state index contributed by atoms with van der Waals surface area (Å²) in [6, 6.07) is 0.868. The predicted octanol–water partition coefficient (Wildman–Crippen LogP) is 1.70. The van der Waals surface area contributed by atoms with Gasteiger partial charge < -0.3 is 10.4 Å². The summed E-state index contributed by atoms with van der Waals surface area (Å²) in [5.74, 6) is -0.703. The molecule has 2 atom stereocenters. The number of carbonyl (C=O) groups is 1. The molecule has 0 aromatic rings. The Morgan fingerprint density at radius 3 is 2.76 bits per heavy atom. The lowest BCUT2D eigenvalue weighted by molar-refractivity contribution is -0.137. The molecule has 2 N–H and O–H groups in total. The largest absolute Gasteiger partial charge is 0.481 e. The van der Waals surface area contributed by atoms with Gasteiger partial charge in [-0.15, -0.1) is 0 Å². The average molecular weight is 242 g/mol. The first-order valence-corrected chi connectivity index (χ1v) is 6.57. The van der Waals surface area contributed by atoms with E-state index in [-0.39, 0.29) is 12.0 Å². The monoisotopic (exact) mass is 242 g/mol. The van der Waals surface area contributed by atoms with Gasteiger partial charge in [0.1, 0.15) is 0 Å². The Hall–Kier alpha value is -0.610. The fourth-order valence-electron chi connectivity index (χ4n) is 2.55. The molecular weight excluding hydrogens is 216 g/mol. The molecule has 1 rings (SSSR count). The van der Waals surface area contributed by atoms with Gasteiger partial charge in [-0.2, -0.15) is 0 Å². The maximum Gasteiger partial charge on any atom is 0.303 e. The molecule has 1 saturated heterocycles. The summed E-state index contributed by atoms with van der Waals surface area (Å²) in [6.45, 7) is 10.8. The van der Waals surface area contributed by atoms with Crippen molar-refractivity contribution >= 4 is 5.97 Å². The number of rotatable bonds is 5. The summed E-state index contributed by atoms with van der Waals surface area (Å²) in [7, 11) is 0. The van der Waals surface area contributed by atoms with Crippen LogP contribution in [0.25, 0.3) is 0 Å². The van der Waals surface area contributed by atoms with Crippen LogP contribution in [0.5, 0.6) is 0 Å². The van der Waals surface area contributed by atoms with Gasteiger partial charge in [-0.25, -0.2) is 0 Å². The summed E-state index contributed by atoms with van der Waals surface area (Å²) in [5.41, 5.74) is 0.0743. The Bertz CT molecular complexity index is 266. The lowest BCUT2D eigenvalue weighted by Crippen LogP contribution is -2.63. The molecule has 2 unspecified atom stereocenters. The highest BCUT2D eigenvalue weighted by Crippen LogP contribution is 2.19. The number of hydrogen-bond acceptors (Lipinski definition) is 3. The van der Waals surface area contributed by atoms with Gasteiger partial charge in [-0.05, 0) is 33.6 Å². The van der Waals surface area contributed by atoms with Crippen molar-refractivity contribution in [2.45, 2.75) is 64.6 Å². The van der Waals surface area contributed by atoms with E-state index in [4.69, 9.17) is 5.11 Å². The number of hydrogen-bond donors (Lipinski definition) is 2. The van der Waals surface area contributed by atoms with Gasteiger partial charge in [-0.1, -0.05) is 6.92 Å². The summed E-state index contributed by atoms with van der Waals surface area (Å²) in [4.78, 5) is 13.1. The zero-order valence-electron chi connectivity index (χ0n) is 11.5. The van der Waals surface area contributed by atoms with E-state index >= 15 is 0 Å². The van der Waals surface area contributed by atoms with Gasteiger partial charge in [0.05, 0.1) is 0 Å². The highest BCUT2D eigenvalue weighted by Gasteiger charge is 2.33. The van der Waals surface area contributed by atoms with Crippen LogP contribution < -0.4 is 5.32 Å². The Kier molecular flexibility index (Phi) is 4.95. The lowest BCUT2D eigenvalue weighted by atomic mass is 9.95. The summed E-state index contributed by atoms with van der Waals surface area (Å²) < 4.78 is 0. The number of carboxylic acid groups (broad SMARTS) is 1. The second-order valence-corrected chi connectivity index (χ2v) is 5.84. The third-order valence-corrected chi connectivity index (χ3v) is 3.57. The molecule has 1 aliphatic heterocycles. The fraction of sp³-hybridized carbons (Fsp3) is 0.923. The maximum absolute atomic E-state index is 10.6. The minimum atomic E-state index is -0.703. The van der Waals surface area contributed by atoms with Crippen LogP contribution in [-0.2, 0) is 4.79 Å². The highest BCUT2D eigenvalue weighted by molar-refractivity contribution is 5.66. The third-order valence-electron chi connectivity index (χ3n) is 3.57. The van der Waals surface area contributed by atoms with E-state index in [0.717, 1.165) is 19.5 Å². The molecule has 1 fully saturated rings. The average Bonchev–Trinajstić information content (AvgIpc) is 2.23. The summed E-state index contributed by atoms with van der Waals surface area (Å²) in [6.07, 6.45) is 2.11. The fourth-order valence-corrected chi connectivity index (χ4v) is 2.55. The highest BCUT2D eigenvalue weighted by atomic mass is 16.4. The molecule has 0 bridgehead atoms. The standard InChI is InChI=1S/C13H26N2O2/c1-5-10(2)15-8-11(6-7-12(16)17)14-13(3,4)9-15/h10-11,14H,5-9H2,1-4H3,(H,16,17). The van der Waals surface area contributed by atoms with E-state index in [2.05, 4.69) is 37.9 Å². The molecule has 4 heteroatoms. The first-order valence-electron chi connectivity index (χ1n) is 6.57. The first kappa shape index (κ1) is 14.5. The van der Waals surface area contributed by atoms with E-state index in [1.807, 2.05) is 0 Å². The molecule has 0 aromatic carbocycles. The van der Waals surface area contributed by atoms with Gasteiger partial charge in [0.15, 0.2) is 0 Å². The minimum Gasteiger partial charge on any atom is -0.481 e. The molecular formula is C13H26N2O2. The first-order chi connectivity index (χ1) is 7.84. The van der Waals surface area contributed by atoms with Crippen molar-refractivity contribution in [2.75, 3.05) is 13.1 Å². The van der Waals surface area contributed by atoms with Crippen LogP contribution in [0.1, 0.15) is 47.0 Å². The number of piperazine rings is 1. The zero-order valence-corrected chi connectivity index (χ0v) is 11.5. The van der Waals surface area contributed by atoms with Crippen LogP contribution in [0, 0.1) is 0 Å². The molecule has 1 heterocycles. The van der Waals surface area contributed by atoms with E-state index in [1.165, 1.54) is 0 Å². The molecule has 0 aromatic heterocycles. The SMILES string of the molecule is CCC(C)N1CC(CCC(=O)O)NC(C)(C)C1. The number of nitrogens with one attached hydrogen (secondary N) is 1. The molecule has 0 spiro atoms. The van der Waals surface area contributed by atoms with E-state index in [0.29, 0.717) is 18.5 Å². The van der Waals surface area contributed by atoms with Crippen LogP contribution in [-0.4, -0.2) is 46.7 Å². The van der Waals surface area contributed by atoms with Crippen molar-refractivity contribution in [3.63, 3.8) is 0 Å². The second-order valence-electron chi connectivity index (χ2n) is 5.84. The molecule has 0 saturated carbocycles. The third kappa shape index (κ3) is 4.64. The van der Waals surface area contributed by atoms with Crippen molar-refractivity contribution in [1.29, 1.82) is 0 Å². The Morgan fingerprint density at radius 2 is 2.24 bits per heavy atom. The van der Waals surface area contributed by atoms with Gasteiger partial charge in [0.2, 0.25) is 0 Å². The summed E-state index contributed by atoms with van der Waals surface area (Å²) >= 11 is 0. The van der Waals surface area contributed by atoms with Crippen LogP contribution in [0.15, 0.2) is 0 Å². The van der Waals surface area contributed by atoms with Crippen LogP contribution >= 0.6 is 0 Å². The molecule has 17 heavy (non-hydrogen) atoms. The molecule has 1 aliphatic rings. The number of aliphatic carboxylic acids is 1. The minimum absolute atomic E-state index is 0.0743. The molecule has 0 aliphatic carbocycles. The van der Waals surface area contributed by atoms with E-state index in [9.17, 15) is 4.79 Å².